The Hall–Kier alpha value is -1.60. The number of thiazole rings is 1. The Morgan fingerprint density at radius 1 is 1.33 bits per heavy atom. The van der Waals surface area contributed by atoms with Gasteiger partial charge in [-0.3, -0.25) is 4.72 Å². The van der Waals surface area contributed by atoms with Crippen LogP contribution in [-0.2, 0) is 21.2 Å². The maximum absolute atomic E-state index is 12.2. The fourth-order valence-corrected chi connectivity index (χ4v) is 4.09. The third-order valence-electron chi connectivity index (χ3n) is 2.82. The first-order valence-electron chi connectivity index (χ1n) is 6.47. The normalized spacial score (nSPS) is 12.3. The lowest BCUT2D eigenvalue weighted by atomic mass is 9.93. The quantitative estimate of drug-likeness (QED) is 0.846. The van der Waals surface area contributed by atoms with Gasteiger partial charge in [-0.25, -0.2) is 13.4 Å². The number of benzene rings is 1. The number of nitrogens with one attached hydrogen (secondary N) is 1. The number of sulfonamides is 1. The summed E-state index contributed by atoms with van der Waals surface area (Å²) < 4.78 is 26.8. The van der Waals surface area contributed by atoms with Crippen molar-refractivity contribution < 1.29 is 8.42 Å². The predicted octanol–water partition coefficient (Wildman–Crippen LogP) is 2.96. The van der Waals surface area contributed by atoms with E-state index in [-0.39, 0.29) is 11.2 Å². The fourth-order valence-electron chi connectivity index (χ4n) is 1.74. The van der Waals surface area contributed by atoms with Gasteiger partial charge in [0.25, 0.3) is 0 Å². The molecule has 5 nitrogen and oxygen atoms in total. The summed E-state index contributed by atoms with van der Waals surface area (Å²) in [4.78, 5) is 4.33. The Morgan fingerprint density at radius 3 is 2.62 bits per heavy atom. The van der Waals surface area contributed by atoms with E-state index >= 15 is 0 Å². The molecular weight excluding hydrogens is 306 g/mol. The summed E-state index contributed by atoms with van der Waals surface area (Å²) in [7, 11) is -3.49. The first kappa shape index (κ1) is 15.8. The average Bonchev–Trinajstić information content (AvgIpc) is 2.75. The van der Waals surface area contributed by atoms with Crippen LogP contribution in [0.25, 0.3) is 0 Å². The summed E-state index contributed by atoms with van der Waals surface area (Å²) >= 11 is 1.29. The average molecular weight is 325 g/mol. The molecule has 3 N–H and O–H groups in total. The van der Waals surface area contributed by atoms with E-state index in [1.807, 2.05) is 26.2 Å². The zero-order valence-corrected chi connectivity index (χ0v) is 13.9. The minimum Gasteiger partial charge on any atom is -0.399 e. The van der Waals surface area contributed by atoms with Crippen LogP contribution in [-0.4, -0.2) is 13.4 Å². The van der Waals surface area contributed by atoms with Crippen LogP contribution in [0.15, 0.2) is 29.6 Å². The monoisotopic (exact) mass is 325 g/mol. The summed E-state index contributed by atoms with van der Waals surface area (Å²) in [5, 5.41) is 2.27. The number of nitrogens with two attached hydrogens (primary N) is 1. The number of anilines is 2. The van der Waals surface area contributed by atoms with Crippen LogP contribution in [0.3, 0.4) is 0 Å². The van der Waals surface area contributed by atoms with Crippen LogP contribution in [0.2, 0.25) is 0 Å². The standard InChI is InChI=1S/C14H19N3O2S2/c1-14(2,3)12-8-20-13(16-12)17-21(18,19)9-10-5-4-6-11(15)7-10/h4-8H,9,15H2,1-3H3,(H,16,17). The van der Waals surface area contributed by atoms with Crippen molar-refractivity contribution in [1.29, 1.82) is 0 Å². The summed E-state index contributed by atoms with van der Waals surface area (Å²) in [5.41, 5.74) is 7.62. The highest BCUT2D eigenvalue weighted by Crippen LogP contribution is 2.27. The molecule has 21 heavy (non-hydrogen) atoms. The van der Waals surface area contributed by atoms with Crippen LogP contribution in [0.1, 0.15) is 32.0 Å². The second-order valence-corrected chi connectivity index (χ2v) is 8.47. The molecule has 0 atom stereocenters. The van der Waals surface area contributed by atoms with E-state index in [1.54, 1.807) is 24.3 Å². The van der Waals surface area contributed by atoms with E-state index in [0.29, 0.717) is 16.4 Å². The smallest absolute Gasteiger partial charge is 0.238 e. The molecule has 0 amide bonds. The van der Waals surface area contributed by atoms with E-state index in [2.05, 4.69) is 9.71 Å². The molecular formula is C14H19N3O2S2. The maximum atomic E-state index is 12.2. The van der Waals surface area contributed by atoms with E-state index < -0.39 is 10.0 Å². The largest absolute Gasteiger partial charge is 0.399 e. The van der Waals surface area contributed by atoms with E-state index in [0.717, 1.165) is 5.69 Å². The molecule has 1 aromatic carbocycles. The third kappa shape index (κ3) is 4.44. The molecule has 1 aromatic heterocycles. The van der Waals surface area contributed by atoms with Gasteiger partial charge in [-0.15, -0.1) is 11.3 Å². The van der Waals surface area contributed by atoms with E-state index in [9.17, 15) is 8.42 Å². The Balaban J connectivity index is 2.13. The first-order chi connectivity index (χ1) is 9.66. The Bertz CT molecular complexity index is 731. The van der Waals surface area contributed by atoms with Gasteiger partial charge in [0.05, 0.1) is 11.4 Å². The second kappa shape index (κ2) is 5.65. The van der Waals surface area contributed by atoms with Crippen molar-refractivity contribution >= 4 is 32.2 Å². The van der Waals surface area contributed by atoms with Gasteiger partial charge < -0.3 is 5.73 Å². The summed E-state index contributed by atoms with van der Waals surface area (Å²) in [6.07, 6.45) is 0. The minimum atomic E-state index is -3.49. The molecule has 1 heterocycles. The molecule has 0 saturated heterocycles. The summed E-state index contributed by atoms with van der Waals surface area (Å²) in [6, 6.07) is 6.85. The molecule has 2 rings (SSSR count). The van der Waals surface area contributed by atoms with Crippen LogP contribution in [0.4, 0.5) is 10.8 Å². The van der Waals surface area contributed by atoms with E-state index in [1.165, 1.54) is 11.3 Å². The fraction of sp³-hybridized carbons (Fsp3) is 0.357. The van der Waals surface area contributed by atoms with Crippen molar-refractivity contribution in [2.24, 2.45) is 0 Å². The summed E-state index contributed by atoms with van der Waals surface area (Å²) in [6.45, 7) is 6.10. The Labute approximate surface area is 129 Å². The molecule has 0 fully saturated rings. The highest BCUT2D eigenvalue weighted by Gasteiger charge is 2.19. The molecule has 7 heteroatoms. The van der Waals surface area contributed by atoms with Gasteiger partial charge in [0.2, 0.25) is 10.0 Å². The van der Waals surface area contributed by atoms with Crippen molar-refractivity contribution in [3.63, 3.8) is 0 Å². The number of rotatable bonds is 4. The predicted molar refractivity (Wildman–Crippen MR) is 87.9 cm³/mol. The van der Waals surface area contributed by atoms with Gasteiger partial charge in [0.15, 0.2) is 5.13 Å². The molecule has 2 aromatic rings. The van der Waals surface area contributed by atoms with Crippen molar-refractivity contribution in [2.45, 2.75) is 31.9 Å². The molecule has 0 unspecified atom stereocenters. The zero-order valence-electron chi connectivity index (χ0n) is 12.3. The van der Waals surface area contributed by atoms with Crippen LogP contribution < -0.4 is 10.5 Å². The van der Waals surface area contributed by atoms with Gasteiger partial charge in [-0.2, -0.15) is 0 Å². The number of nitrogen functional groups attached to an aromatic ring is 1. The van der Waals surface area contributed by atoms with E-state index in [4.69, 9.17) is 5.73 Å². The molecule has 0 radical (unpaired) electrons. The number of aromatic nitrogens is 1. The van der Waals surface area contributed by atoms with Crippen molar-refractivity contribution in [3.8, 4) is 0 Å². The molecule has 0 spiro atoms. The topological polar surface area (TPSA) is 85.1 Å². The number of nitrogens with zero attached hydrogens (tertiary/aromatic N) is 1. The van der Waals surface area contributed by atoms with Crippen molar-refractivity contribution in [1.82, 2.24) is 4.98 Å². The highest BCUT2D eigenvalue weighted by atomic mass is 32.2. The Morgan fingerprint density at radius 2 is 2.05 bits per heavy atom. The van der Waals surface area contributed by atoms with Gasteiger partial charge in [-0.1, -0.05) is 32.9 Å². The lowest BCUT2D eigenvalue weighted by molar-refractivity contribution is 0.573. The third-order valence-corrected chi connectivity index (χ3v) is 4.93. The first-order valence-corrected chi connectivity index (χ1v) is 9.00. The van der Waals surface area contributed by atoms with Gasteiger partial charge >= 0.3 is 0 Å². The van der Waals surface area contributed by atoms with Crippen molar-refractivity contribution in [3.05, 3.63) is 40.9 Å². The molecule has 0 bridgehead atoms. The van der Waals surface area contributed by atoms with Gasteiger partial charge in [-0.05, 0) is 17.7 Å². The summed E-state index contributed by atoms with van der Waals surface area (Å²) in [5.74, 6) is -0.123. The molecule has 0 aliphatic heterocycles. The lowest BCUT2D eigenvalue weighted by Crippen LogP contribution is -2.16. The zero-order chi connectivity index (χ0) is 15.7. The molecule has 0 aliphatic rings. The molecule has 0 saturated carbocycles. The maximum Gasteiger partial charge on any atom is 0.238 e. The molecule has 114 valence electrons. The number of hydrogen-bond donors (Lipinski definition) is 2. The highest BCUT2D eigenvalue weighted by molar-refractivity contribution is 7.92. The Kier molecular flexibility index (Phi) is 4.25. The SMILES string of the molecule is CC(C)(C)c1csc(NS(=O)(=O)Cc2cccc(N)c2)n1. The van der Waals surface area contributed by atoms with Crippen LogP contribution >= 0.6 is 11.3 Å². The van der Waals surface area contributed by atoms with Crippen LogP contribution in [0, 0.1) is 0 Å². The number of hydrogen-bond acceptors (Lipinski definition) is 5. The van der Waals surface area contributed by atoms with Crippen molar-refractivity contribution in [2.75, 3.05) is 10.5 Å². The molecule has 0 aliphatic carbocycles. The van der Waals surface area contributed by atoms with Crippen LogP contribution in [0.5, 0.6) is 0 Å². The second-order valence-electron chi connectivity index (χ2n) is 5.89. The van der Waals surface area contributed by atoms with Gasteiger partial charge in [0.1, 0.15) is 0 Å². The lowest BCUT2D eigenvalue weighted by Gasteiger charge is -2.14. The minimum absolute atomic E-state index is 0.103. The van der Waals surface area contributed by atoms with Gasteiger partial charge in [0, 0.05) is 16.5 Å².